The van der Waals surface area contributed by atoms with Crippen molar-refractivity contribution >= 4 is 29.0 Å². The largest absolute Gasteiger partial charge is 0.324 e. The third-order valence-corrected chi connectivity index (χ3v) is 3.91. The molecule has 1 heterocycles. The van der Waals surface area contributed by atoms with E-state index >= 15 is 0 Å². The SMILES string of the molecule is CC(=O)c1cccc(Nc2nc(C)cc(C(=O)Nc3ccccc3C#N)n2)c1. The van der Waals surface area contributed by atoms with E-state index in [4.69, 9.17) is 5.26 Å². The van der Waals surface area contributed by atoms with E-state index in [1.165, 1.54) is 6.92 Å². The third-order valence-electron chi connectivity index (χ3n) is 3.91. The van der Waals surface area contributed by atoms with Gasteiger partial charge in [-0.15, -0.1) is 0 Å². The van der Waals surface area contributed by atoms with Crippen molar-refractivity contribution in [2.75, 3.05) is 10.6 Å². The number of hydrogen-bond donors (Lipinski definition) is 2. The highest BCUT2D eigenvalue weighted by atomic mass is 16.2. The van der Waals surface area contributed by atoms with E-state index in [1.807, 2.05) is 6.07 Å². The molecule has 2 N–H and O–H groups in total. The first-order valence-electron chi connectivity index (χ1n) is 8.50. The zero-order valence-electron chi connectivity index (χ0n) is 15.4. The average molecular weight is 371 g/mol. The van der Waals surface area contributed by atoms with Crippen LogP contribution >= 0.6 is 0 Å². The summed E-state index contributed by atoms with van der Waals surface area (Å²) in [5.41, 5.74) is 2.73. The molecule has 0 spiro atoms. The number of para-hydroxylation sites is 1. The number of nitrogens with zero attached hydrogens (tertiary/aromatic N) is 3. The standard InChI is InChI=1S/C21H17N5O2/c1-13-10-19(20(28)25-18-9-4-3-6-16(18)12-22)26-21(23-13)24-17-8-5-7-15(11-17)14(2)27/h3-11H,1-2H3,(H,25,28)(H,23,24,26). The summed E-state index contributed by atoms with van der Waals surface area (Å²) in [4.78, 5) is 32.7. The van der Waals surface area contributed by atoms with Crippen molar-refractivity contribution in [2.24, 2.45) is 0 Å². The lowest BCUT2D eigenvalue weighted by atomic mass is 10.1. The van der Waals surface area contributed by atoms with E-state index in [2.05, 4.69) is 20.6 Å². The van der Waals surface area contributed by atoms with Gasteiger partial charge < -0.3 is 10.6 Å². The number of carbonyl (C=O) groups is 2. The van der Waals surface area contributed by atoms with Crippen LogP contribution in [0.5, 0.6) is 0 Å². The van der Waals surface area contributed by atoms with Crippen LogP contribution in [0.4, 0.5) is 17.3 Å². The van der Waals surface area contributed by atoms with Crippen LogP contribution < -0.4 is 10.6 Å². The topological polar surface area (TPSA) is 108 Å². The van der Waals surface area contributed by atoms with Gasteiger partial charge in [0.2, 0.25) is 5.95 Å². The van der Waals surface area contributed by atoms with E-state index in [0.29, 0.717) is 28.2 Å². The molecule has 7 heteroatoms. The van der Waals surface area contributed by atoms with Gasteiger partial charge in [0.25, 0.3) is 5.91 Å². The Morgan fingerprint density at radius 1 is 1.04 bits per heavy atom. The molecule has 0 aliphatic carbocycles. The quantitative estimate of drug-likeness (QED) is 0.660. The fourth-order valence-electron chi connectivity index (χ4n) is 2.56. The van der Waals surface area contributed by atoms with E-state index in [1.54, 1.807) is 61.5 Å². The molecule has 0 aliphatic heterocycles. The number of hydrogen-bond acceptors (Lipinski definition) is 6. The molecule has 7 nitrogen and oxygen atoms in total. The monoisotopic (exact) mass is 371 g/mol. The summed E-state index contributed by atoms with van der Waals surface area (Å²) < 4.78 is 0. The number of anilines is 3. The van der Waals surface area contributed by atoms with Gasteiger partial charge in [0.15, 0.2) is 5.78 Å². The third kappa shape index (κ3) is 4.37. The molecule has 0 atom stereocenters. The van der Waals surface area contributed by atoms with Crippen LogP contribution in [0.3, 0.4) is 0 Å². The van der Waals surface area contributed by atoms with Crippen LogP contribution in [0, 0.1) is 18.3 Å². The number of carbonyl (C=O) groups excluding carboxylic acids is 2. The van der Waals surface area contributed by atoms with Crippen LogP contribution in [0.2, 0.25) is 0 Å². The Balaban J connectivity index is 1.85. The van der Waals surface area contributed by atoms with Gasteiger partial charge in [-0.25, -0.2) is 9.97 Å². The van der Waals surface area contributed by atoms with Crippen LogP contribution in [0.1, 0.15) is 39.0 Å². The summed E-state index contributed by atoms with van der Waals surface area (Å²) in [6.07, 6.45) is 0. The Bertz CT molecular complexity index is 1100. The minimum atomic E-state index is -0.450. The summed E-state index contributed by atoms with van der Waals surface area (Å²) in [6, 6.07) is 17.3. The van der Waals surface area contributed by atoms with Crippen LogP contribution in [0.15, 0.2) is 54.6 Å². The molecule has 0 radical (unpaired) electrons. The summed E-state index contributed by atoms with van der Waals surface area (Å²) in [7, 11) is 0. The molecule has 0 unspecified atom stereocenters. The van der Waals surface area contributed by atoms with Gasteiger partial charge in [0, 0.05) is 16.9 Å². The van der Waals surface area contributed by atoms with Crippen LogP contribution in [0.25, 0.3) is 0 Å². The van der Waals surface area contributed by atoms with Crippen LogP contribution in [-0.4, -0.2) is 21.7 Å². The van der Waals surface area contributed by atoms with E-state index < -0.39 is 5.91 Å². The minimum absolute atomic E-state index is 0.0509. The second-order valence-electron chi connectivity index (χ2n) is 6.09. The number of aromatic nitrogens is 2. The Hall–Kier alpha value is -4.05. The Labute approximate surface area is 162 Å². The molecule has 0 saturated heterocycles. The first-order valence-corrected chi connectivity index (χ1v) is 8.50. The lowest BCUT2D eigenvalue weighted by Gasteiger charge is -2.10. The maximum absolute atomic E-state index is 12.6. The first kappa shape index (κ1) is 18.7. The number of nitrogens with one attached hydrogen (secondary N) is 2. The van der Waals surface area contributed by atoms with Crippen molar-refractivity contribution in [3.63, 3.8) is 0 Å². The molecule has 0 fully saturated rings. The Morgan fingerprint density at radius 2 is 1.82 bits per heavy atom. The molecule has 0 aliphatic rings. The summed E-state index contributed by atoms with van der Waals surface area (Å²) in [5.74, 6) is -0.266. The molecule has 0 saturated carbocycles. The molecular formula is C21H17N5O2. The molecule has 3 aromatic rings. The van der Waals surface area contributed by atoms with Gasteiger partial charge in [0.05, 0.1) is 11.3 Å². The number of rotatable bonds is 5. The number of amides is 1. The molecule has 138 valence electrons. The van der Waals surface area contributed by atoms with Gasteiger partial charge in [0.1, 0.15) is 11.8 Å². The van der Waals surface area contributed by atoms with Crippen molar-refractivity contribution in [3.8, 4) is 6.07 Å². The van der Waals surface area contributed by atoms with Gasteiger partial charge >= 0.3 is 0 Å². The summed E-state index contributed by atoms with van der Waals surface area (Å²) >= 11 is 0. The zero-order valence-corrected chi connectivity index (χ0v) is 15.4. The van der Waals surface area contributed by atoms with E-state index in [0.717, 1.165) is 0 Å². The van der Waals surface area contributed by atoms with E-state index in [9.17, 15) is 9.59 Å². The fraction of sp³-hybridized carbons (Fsp3) is 0.0952. The molecule has 28 heavy (non-hydrogen) atoms. The Kier molecular flexibility index (Phi) is 5.42. The first-order chi connectivity index (χ1) is 13.5. The molecular weight excluding hydrogens is 354 g/mol. The summed E-state index contributed by atoms with van der Waals surface area (Å²) in [6.45, 7) is 3.24. The highest BCUT2D eigenvalue weighted by molar-refractivity contribution is 6.03. The second-order valence-corrected chi connectivity index (χ2v) is 6.09. The molecule has 0 bridgehead atoms. The maximum atomic E-state index is 12.6. The average Bonchev–Trinajstić information content (AvgIpc) is 2.68. The van der Waals surface area contributed by atoms with Crippen molar-refractivity contribution in [3.05, 3.63) is 77.1 Å². The second kappa shape index (κ2) is 8.10. The van der Waals surface area contributed by atoms with Gasteiger partial charge in [-0.1, -0.05) is 24.3 Å². The van der Waals surface area contributed by atoms with Gasteiger partial charge in [-0.2, -0.15) is 5.26 Å². The lowest BCUT2D eigenvalue weighted by Crippen LogP contribution is -2.16. The summed E-state index contributed by atoms with van der Waals surface area (Å²) in [5, 5.41) is 14.9. The fourth-order valence-corrected chi connectivity index (χ4v) is 2.56. The van der Waals surface area contributed by atoms with Crippen molar-refractivity contribution in [1.29, 1.82) is 5.26 Å². The Morgan fingerprint density at radius 3 is 2.57 bits per heavy atom. The van der Waals surface area contributed by atoms with Gasteiger partial charge in [-0.05, 0) is 44.2 Å². The number of aryl methyl sites for hydroxylation is 1. The minimum Gasteiger partial charge on any atom is -0.324 e. The predicted octanol–water partition coefficient (Wildman–Crippen LogP) is 3.86. The smallest absolute Gasteiger partial charge is 0.274 e. The molecule has 3 rings (SSSR count). The van der Waals surface area contributed by atoms with Crippen molar-refractivity contribution in [1.82, 2.24) is 9.97 Å². The number of Topliss-reactive ketones (excluding diaryl/α,β-unsaturated/α-hetero) is 1. The van der Waals surface area contributed by atoms with E-state index in [-0.39, 0.29) is 17.4 Å². The zero-order chi connectivity index (χ0) is 20.1. The number of ketones is 1. The highest BCUT2D eigenvalue weighted by Gasteiger charge is 2.13. The lowest BCUT2D eigenvalue weighted by molar-refractivity contribution is 0.101. The predicted molar refractivity (Wildman–Crippen MR) is 106 cm³/mol. The normalized spacial score (nSPS) is 10.0. The maximum Gasteiger partial charge on any atom is 0.274 e. The van der Waals surface area contributed by atoms with Crippen molar-refractivity contribution in [2.45, 2.75) is 13.8 Å². The number of nitriles is 1. The van der Waals surface area contributed by atoms with Crippen molar-refractivity contribution < 1.29 is 9.59 Å². The molecule has 1 amide bonds. The van der Waals surface area contributed by atoms with Crippen LogP contribution in [-0.2, 0) is 0 Å². The highest BCUT2D eigenvalue weighted by Crippen LogP contribution is 2.18. The molecule has 1 aromatic heterocycles. The number of benzene rings is 2. The molecule has 2 aromatic carbocycles. The van der Waals surface area contributed by atoms with Gasteiger partial charge in [-0.3, -0.25) is 9.59 Å².